The van der Waals surface area contributed by atoms with Crippen LogP contribution in [0.2, 0.25) is 0 Å². The summed E-state index contributed by atoms with van der Waals surface area (Å²) >= 11 is 0. The van der Waals surface area contributed by atoms with Gasteiger partial charge < -0.3 is 15.8 Å². The van der Waals surface area contributed by atoms with E-state index in [0.717, 1.165) is 28.5 Å². The number of nitrogens with zero attached hydrogens (tertiary/aromatic N) is 6. The third kappa shape index (κ3) is 3.85. The summed E-state index contributed by atoms with van der Waals surface area (Å²) in [7, 11) is 1.83. The maximum absolute atomic E-state index is 14.7. The molecule has 0 spiro atoms. The van der Waals surface area contributed by atoms with E-state index in [-0.39, 0.29) is 29.1 Å². The number of pyridine rings is 1. The van der Waals surface area contributed by atoms with E-state index in [1.807, 2.05) is 62.6 Å². The van der Waals surface area contributed by atoms with Crippen LogP contribution in [0.15, 0.2) is 78.1 Å². The van der Waals surface area contributed by atoms with Crippen molar-refractivity contribution in [3.63, 3.8) is 0 Å². The summed E-state index contributed by atoms with van der Waals surface area (Å²) in [6.07, 6.45) is 7.25. The SMILES string of the molecule is C[C@@H](NC(=O)c1c(N)nn2cccnc12)c1c2c3c(ccc(C#Cc4cnn(C)c4)c3c(=O)n1-c1ccccc1)C1CC2O1. The number of nitrogens with two attached hydrogens (primary N) is 1. The van der Waals surface area contributed by atoms with Gasteiger partial charge in [-0.15, -0.1) is 5.10 Å². The van der Waals surface area contributed by atoms with Crippen molar-refractivity contribution in [2.45, 2.75) is 31.6 Å². The topological polar surface area (TPSA) is 134 Å². The highest BCUT2D eigenvalue weighted by molar-refractivity contribution is 6.04. The van der Waals surface area contributed by atoms with Gasteiger partial charge in [-0.2, -0.15) is 5.10 Å². The molecule has 3 N–H and O–H groups in total. The van der Waals surface area contributed by atoms with Gasteiger partial charge in [0.25, 0.3) is 11.5 Å². The van der Waals surface area contributed by atoms with Crippen LogP contribution in [0.25, 0.3) is 22.1 Å². The zero-order chi connectivity index (χ0) is 30.1. The van der Waals surface area contributed by atoms with Crippen molar-refractivity contribution in [2.75, 3.05) is 5.73 Å². The van der Waals surface area contributed by atoms with Gasteiger partial charge in [-0.05, 0) is 36.8 Å². The van der Waals surface area contributed by atoms with E-state index in [0.29, 0.717) is 28.0 Å². The lowest BCUT2D eigenvalue weighted by atomic mass is 9.78. The van der Waals surface area contributed by atoms with Crippen molar-refractivity contribution in [3.05, 3.63) is 117 Å². The van der Waals surface area contributed by atoms with Gasteiger partial charge in [0.2, 0.25) is 0 Å². The van der Waals surface area contributed by atoms with Gasteiger partial charge >= 0.3 is 0 Å². The molecule has 6 heterocycles. The molecule has 2 aromatic carbocycles. The minimum Gasteiger partial charge on any atom is -0.381 e. The number of aromatic nitrogens is 6. The number of ether oxygens (including phenoxy) is 1. The highest BCUT2D eigenvalue weighted by Gasteiger charge is 2.44. The van der Waals surface area contributed by atoms with Gasteiger partial charge in [0.1, 0.15) is 5.56 Å². The first-order valence-corrected chi connectivity index (χ1v) is 14.3. The molecule has 11 nitrogen and oxygen atoms in total. The van der Waals surface area contributed by atoms with Crippen LogP contribution in [0.1, 0.15) is 69.9 Å². The number of rotatable bonds is 4. The molecular weight excluding hydrogens is 556 g/mol. The van der Waals surface area contributed by atoms with Crippen LogP contribution in [0.4, 0.5) is 5.82 Å². The zero-order valence-corrected chi connectivity index (χ0v) is 23.9. The monoisotopic (exact) mass is 582 g/mol. The summed E-state index contributed by atoms with van der Waals surface area (Å²) in [6.45, 7) is 1.86. The molecule has 6 aromatic rings. The highest BCUT2D eigenvalue weighted by Crippen LogP contribution is 2.55. The Hall–Kier alpha value is -5.73. The number of para-hydroxylation sites is 1. The van der Waals surface area contributed by atoms with Crippen molar-refractivity contribution < 1.29 is 9.53 Å². The smallest absolute Gasteiger partial charge is 0.264 e. The van der Waals surface area contributed by atoms with Crippen molar-refractivity contribution in [1.29, 1.82) is 0 Å². The predicted molar refractivity (Wildman–Crippen MR) is 163 cm³/mol. The molecule has 0 radical (unpaired) electrons. The number of fused-ring (bicyclic) bond motifs is 1. The Morgan fingerprint density at radius 2 is 1.93 bits per heavy atom. The molecule has 9 rings (SSSR count). The van der Waals surface area contributed by atoms with E-state index in [4.69, 9.17) is 10.5 Å². The Kier molecular flexibility index (Phi) is 5.69. The molecule has 2 aliphatic heterocycles. The number of benzene rings is 2. The maximum atomic E-state index is 14.7. The fourth-order valence-corrected chi connectivity index (χ4v) is 6.41. The number of nitrogen functional groups attached to an aromatic ring is 1. The number of carbonyl (C=O) groups excluding carboxylic acids is 1. The predicted octanol–water partition coefficient (Wildman–Crippen LogP) is 3.76. The largest absolute Gasteiger partial charge is 0.381 e. The van der Waals surface area contributed by atoms with E-state index in [1.54, 1.807) is 33.9 Å². The summed E-state index contributed by atoms with van der Waals surface area (Å²) < 4.78 is 11.2. The average molecular weight is 583 g/mol. The van der Waals surface area contributed by atoms with Crippen molar-refractivity contribution in [1.82, 2.24) is 34.3 Å². The fourth-order valence-electron chi connectivity index (χ4n) is 6.41. The van der Waals surface area contributed by atoms with Crippen molar-refractivity contribution in [2.24, 2.45) is 7.05 Å². The lowest BCUT2D eigenvalue weighted by Crippen LogP contribution is -2.38. The van der Waals surface area contributed by atoms with Crippen LogP contribution in [-0.4, -0.2) is 34.9 Å². The second-order valence-electron chi connectivity index (χ2n) is 11.1. The van der Waals surface area contributed by atoms with Crippen LogP contribution >= 0.6 is 0 Å². The van der Waals surface area contributed by atoms with Crippen LogP contribution in [-0.2, 0) is 11.8 Å². The third-order valence-electron chi connectivity index (χ3n) is 8.33. The number of amides is 1. The van der Waals surface area contributed by atoms with E-state index >= 15 is 0 Å². The Balaban J connectivity index is 1.35. The number of hydrogen-bond donors (Lipinski definition) is 2. The maximum Gasteiger partial charge on any atom is 0.264 e. The summed E-state index contributed by atoms with van der Waals surface area (Å²) in [4.78, 5) is 32.7. The molecule has 1 aliphatic carbocycles. The minimum atomic E-state index is -0.619. The van der Waals surface area contributed by atoms with E-state index in [1.165, 1.54) is 4.52 Å². The minimum absolute atomic E-state index is 0.0676. The quantitative estimate of drug-likeness (QED) is 0.302. The molecule has 44 heavy (non-hydrogen) atoms. The van der Waals surface area contributed by atoms with Crippen LogP contribution < -0.4 is 16.6 Å². The molecule has 4 aromatic heterocycles. The first-order chi connectivity index (χ1) is 21.4. The Bertz CT molecular complexity index is 2270. The Morgan fingerprint density at radius 1 is 1.11 bits per heavy atom. The number of hydrogen-bond acceptors (Lipinski definition) is 7. The van der Waals surface area contributed by atoms with Crippen molar-refractivity contribution >= 4 is 28.1 Å². The van der Waals surface area contributed by atoms with Gasteiger partial charge in [0.05, 0.1) is 41.1 Å². The lowest BCUT2D eigenvalue weighted by Gasteiger charge is -2.44. The first-order valence-electron chi connectivity index (χ1n) is 14.3. The van der Waals surface area contributed by atoms with Crippen LogP contribution in [0, 0.1) is 11.8 Å². The molecule has 216 valence electrons. The molecule has 11 heteroatoms. The van der Waals surface area contributed by atoms with E-state index < -0.39 is 11.9 Å². The normalized spacial score (nSPS) is 17.1. The van der Waals surface area contributed by atoms with Crippen LogP contribution in [0.3, 0.4) is 0 Å². The van der Waals surface area contributed by atoms with Gasteiger partial charge in [-0.25, -0.2) is 9.50 Å². The zero-order valence-electron chi connectivity index (χ0n) is 23.9. The molecule has 1 fully saturated rings. The molecule has 1 saturated heterocycles. The highest BCUT2D eigenvalue weighted by atomic mass is 16.5. The second kappa shape index (κ2) is 9.65. The van der Waals surface area contributed by atoms with Gasteiger partial charge in [0, 0.05) is 54.3 Å². The number of carbonyl (C=O) groups is 1. The molecule has 3 atom stereocenters. The van der Waals surface area contributed by atoms with Gasteiger partial charge in [-0.1, -0.05) is 36.1 Å². The number of nitrogens with one attached hydrogen (secondary N) is 1. The summed E-state index contributed by atoms with van der Waals surface area (Å²) in [6, 6.07) is 14.4. The number of aryl methyl sites for hydroxylation is 1. The number of anilines is 1. The molecule has 2 unspecified atom stereocenters. The van der Waals surface area contributed by atoms with E-state index in [9.17, 15) is 9.59 Å². The molecule has 2 bridgehead atoms. The molecule has 3 aliphatic rings. The lowest BCUT2D eigenvalue weighted by molar-refractivity contribution is -0.135. The van der Waals surface area contributed by atoms with Crippen molar-refractivity contribution in [3.8, 4) is 17.5 Å². The Labute approximate surface area is 250 Å². The molecule has 1 amide bonds. The summed E-state index contributed by atoms with van der Waals surface area (Å²) in [5.41, 5.74) is 11.0. The standard InChI is InChI=1S/C33H26N8O3/c1-18(37-32(42)28-30(34)38-40-14-6-13-35-31(28)40)29-27-24-15-23(44-24)22-12-11-20(10-9-19-16-36-39(2)17-19)25(26(22)27)33(43)41(29)21-7-4-3-5-8-21/h3-8,11-14,16-18,23-24H,15H2,1-2H3,(H2,34,38)(H,37,42)/t18-,23?,24?/m1/s1. The molecule has 0 saturated carbocycles. The summed E-state index contributed by atoms with van der Waals surface area (Å²) in [5, 5.41) is 12.9. The third-order valence-corrected chi connectivity index (χ3v) is 8.33. The van der Waals surface area contributed by atoms with Crippen LogP contribution in [0.5, 0.6) is 0 Å². The average Bonchev–Trinajstić information content (AvgIpc) is 3.58. The fraction of sp³-hybridized carbons (Fsp3) is 0.182. The van der Waals surface area contributed by atoms with E-state index in [2.05, 4.69) is 32.3 Å². The summed E-state index contributed by atoms with van der Waals surface area (Å²) in [5.74, 6) is 6.02. The first kappa shape index (κ1) is 25.9. The Morgan fingerprint density at radius 3 is 2.70 bits per heavy atom. The van der Waals surface area contributed by atoms with Gasteiger partial charge in [-0.3, -0.25) is 18.8 Å². The van der Waals surface area contributed by atoms with Gasteiger partial charge in [0.15, 0.2) is 11.5 Å². The molecular formula is C33H26N8O3. The second-order valence-corrected chi connectivity index (χ2v) is 11.1.